The number of fused-ring (bicyclic) bond motifs is 5. The highest BCUT2D eigenvalue weighted by Gasteiger charge is 2.67. The van der Waals surface area contributed by atoms with Gasteiger partial charge in [-0.25, -0.2) is 0 Å². The van der Waals surface area contributed by atoms with Crippen molar-refractivity contribution in [1.82, 2.24) is 0 Å². The quantitative estimate of drug-likeness (QED) is 0.412. The molecule has 1 aromatic rings. The van der Waals surface area contributed by atoms with E-state index in [1.807, 2.05) is 0 Å². The number of phenols is 1. The second kappa shape index (κ2) is 11.8. The largest absolute Gasteiger partial charge is 0.507 e. The molecule has 1 aromatic carbocycles. The zero-order valence-corrected chi connectivity index (χ0v) is 28.6. The average molecular weight is 709 g/mol. The number of allylic oxidation sites excluding steroid dienone is 2. The van der Waals surface area contributed by atoms with Crippen LogP contribution >= 0.6 is 0 Å². The summed E-state index contributed by atoms with van der Waals surface area (Å²) in [4.78, 5) is 66.4. The molecule has 1 saturated carbocycles. The number of rotatable bonds is 3. The number of benzene rings is 1. The van der Waals surface area contributed by atoms with Gasteiger partial charge in [0.05, 0.1) is 35.0 Å². The molecule has 0 unspecified atom stereocenters. The van der Waals surface area contributed by atoms with Crippen LogP contribution in [0.2, 0.25) is 0 Å². The Kier molecular flexibility index (Phi) is 7.99. The lowest BCUT2D eigenvalue weighted by molar-refractivity contribution is -0.347. The molecule has 51 heavy (non-hydrogen) atoms. The zero-order chi connectivity index (χ0) is 36.4. The number of ketones is 5. The third-order valence-electron chi connectivity index (χ3n) is 11.5. The Balaban J connectivity index is 1.06. The van der Waals surface area contributed by atoms with Gasteiger partial charge in [-0.15, -0.1) is 0 Å². The number of aliphatic hydroxyl groups is 2. The van der Waals surface area contributed by atoms with E-state index in [2.05, 4.69) is 0 Å². The third-order valence-corrected chi connectivity index (χ3v) is 11.5. The minimum atomic E-state index is -2.79. The molecule has 14 heteroatoms. The van der Waals surface area contributed by atoms with Crippen LogP contribution in [0, 0.1) is 0 Å². The van der Waals surface area contributed by atoms with Crippen LogP contribution in [0.1, 0.15) is 98.6 Å². The van der Waals surface area contributed by atoms with Crippen molar-refractivity contribution in [3.63, 3.8) is 0 Å². The van der Waals surface area contributed by atoms with Gasteiger partial charge in [0, 0.05) is 55.2 Å². The Morgan fingerprint density at radius 2 is 1.63 bits per heavy atom. The molecule has 3 N–H and O–H groups in total. The van der Waals surface area contributed by atoms with Crippen LogP contribution in [-0.4, -0.2) is 110 Å². The summed E-state index contributed by atoms with van der Waals surface area (Å²) in [6.07, 6.45) is -3.48. The van der Waals surface area contributed by atoms with Gasteiger partial charge in [-0.1, -0.05) is 12.1 Å². The normalized spacial score (nSPS) is 43.6. The van der Waals surface area contributed by atoms with Gasteiger partial charge >= 0.3 is 0 Å². The van der Waals surface area contributed by atoms with Crippen LogP contribution in [-0.2, 0) is 42.8 Å². The molecule has 4 heterocycles. The first-order valence-corrected chi connectivity index (χ1v) is 17.4. The molecule has 0 amide bonds. The molecule has 0 aromatic heterocycles. The molecule has 3 aliphatic carbocycles. The number of ether oxygens (including phenoxy) is 6. The fourth-order valence-corrected chi connectivity index (χ4v) is 8.87. The van der Waals surface area contributed by atoms with Gasteiger partial charge in [-0.3, -0.25) is 24.0 Å². The van der Waals surface area contributed by atoms with E-state index in [1.165, 1.54) is 18.2 Å². The maximum absolute atomic E-state index is 14.2. The first-order valence-electron chi connectivity index (χ1n) is 17.4. The molecule has 12 atom stereocenters. The number of aromatic hydroxyl groups is 1. The lowest BCUT2D eigenvalue weighted by Gasteiger charge is -2.53. The van der Waals surface area contributed by atoms with E-state index in [1.54, 1.807) is 27.7 Å². The Bertz CT molecular complexity index is 1830. The Labute approximate surface area is 292 Å². The fourth-order valence-electron chi connectivity index (χ4n) is 8.87. The summed E-state index contributed by atoms with van der Waals surface area (Å²) in [6, 6.07) is 2.78. The summed E-state index contributed by atoms with van der Waals surface area (Å²) in [5.74, 6) is -3.31. The molecular formula is C37H40O14. The lowest BCUT2D eigenvalue weighted by atomic mass is 9.57. The predicted octanol–water partition coefficient (Wildman–Crippen LogP) is 2.04. The minimum absolute atomic E-state index is 0.0787. The van der Waals surface area contributed by atoms with Gasteiger partial charge < -0.3 is 43.7 Å². The van der Waals surface area contributed by atoms with Crippen LogP contribution < -0.4 is 0 Å². The van der Waals surface area contributed by atoms with E-state index >= 15 is 0 Å². The van der Waals surface area contributed by atoms with E-state index in [0.29, 0.717) is 0 Å². The second-order valence-corrected chi connectivity index (χ2v) is 15.1. The summed E-state index contributed by atoms with van der Waals surface area (Å²) in [6.45, 7) is 6.62. The summed E-state index contributed by atoms with van der Waals surface area (Å²) in [5.41, 5.74) is -7.70. The molecule has 0 radical (unpaired) electrons. The van der Waals surface area contributed by atoms with Crippen LogP contribution in [0.3, 0.4) is 0 Å². The van der Waals surface area contributed by atoms with Crippen molar-refractivity contribution in [3.05, 3.63) is 52.1 Å². The van der Waals surface area contributed by atoms with Gasteiger partial charge in [0.15, 0.2) is 47.1 Å². The maximum Gasteiger partial charge on any atom is 0.198 e. The van der Waals surface area contributed by atoms with E-state index in [-0.39, 0.29) is 65.9 Å². The van der Waals surface area contributed by atoms with Crippen LogP contribution in [0.25, 0.3) is 0 Å². The zero-order valence-electron chi connectivity index (χ0n) is 28.6. The lowest BCUT2D eigenvalue weighted by Crippen LogP contribution is -2.69. The van der Waals surface area contributed by atoms with Crippen molar-refractivity contribution in [2.75, 3.05) is 0 Å². The van der Waals surface area contributed by atoms with Gasteiger partial charge in [0.2, 0.25) is 0 Å². The van der Waals surface area contributed by atoms with Crippen molar-refractivity contribution in [3.8, 4) is 5.75 Å². The molecular weight excluding hydrogens is 668 g/mol. The minimum Gasteiger partial charge on any atom is -0.507 e. The first-order chi connectivity index (χ1) is 24.0. The van der Waals surface area contributed by atoms with Gasteiger partial charge in [0.1, 0.15) is 35.8 Å². The monoisotopic (exact) mass is 708 g/mol. The van der Waals surface area contributed by atoms with Crippen LogP contribution in [0.5, 0.6) is 5.75 Å². The van der Waals surface area contributed by atoms with Crippen molar-refractivity contribution < 1.29 is 67.7 Å². The molecule has 7 aliphatic rings. The molecule has 272 valence electrons. The topological polar surface area (TPSA) is 201 Å². The van der Waals surface area contributed by atoms with Crippen LogP contribution in [0.15, 0.2) is 35.4 Å². The van der Waals surface area contributed by atoms with Gasteiger partial charge in [-0.05, 0) is 39.8 Å². The maximum atomic E-state index is 14.2. The predicted molar refractivity (Wildman–Crippen MR) is 171 cm³/mol. The van der Waals surface area contributed by atoms with Gasteiger partial charge in [-0.2, -0.15) is 0 Å². The van der Waals surface area contributed by atoms with Gasteiger partial charge in [0.25, 0.3) is 0 Å². The third kappa shape index (κ3) is 5.17. The van der Waals surface area contributed by atoms with E-state index in [0.717, 1.165) is 6.08 Å². The molecule has 4 saturated heterocycles. The molecule has 8 rings (SSSR count). The summed E-state index contributed by atoms with van der Waals surface area (Å²) >= 11 is 0. The van der Waals surface area contributed by atoms with Crippen molar-refractivity contribution in [2.45, 2.75) is 138 Å². The molecule has 4 aliphatic heterocycles. The number of phenolic OH excluding ortho intramolecular Hbond substituents is 1. The smallest absolute Gasteiger partial charge is 0.198 e. The SMILES string of the molecule is C[C@@H]1O[C@H]2O[C@H]3[C@H](C)O[C@H](c4ccc5c(c4O)C(=O)C4=C(C5=O)[C@@]5(O)C(=O)C[C@](C)(O[C@H]6CCC(=O)[C@@H](C)O6)C[C@@]5(O)C=C4)C[C@@H]3O[C@@H]2CC1=O. The standard InChI is InChI=1S/C37H40O14/c1-15-21(38)7-8-27(47-15)51-35(4)13-26(40)37(45)29-20(9-10-36(37,44)14-35)31(42)28-19(32(29)43)6-5-18(30(28)41)23-12-24-33(17(3)46-23)50-34-25(49-24)11-22(39)16(2)48-34/h5-6,9-10,15-17,23-25,27,33-34,41,44-45H,7-8,11-14H2,1-4H3/t15-,16+,17+,23+,24+,25-,27+,33+,34+,35+,36+,37+/m1/s1. The highest BCUT2D eigenvalue weighted by Crippen LogP contribution is 2.53. The molecule has 0 bridgehead atoms. The number of Topliss-reactive ketones (excluding diaryl/α,β-unsaturated/α-hetero) is 5. The molecule has 14 nitrogen and oxygen atoms in total. The summed E-state index contributed by atoms with van der Waals surface area (Å²) in [7, 11) is 0. The number of hydrogen-bond acceptors (Lipinski definition) is 14. The Morgan fingerprint density at radius 1 is 0.882 bits per heavy atom. The highest BCUT2D eigenvalue weighted by atomic mass is 16.7. The highest BCUT2D eigenvalue weighted by molar-refractivity contribution is 6.32. The van der Waals surface area contributed by atoms with Crippen molar-refractivity contribution >= 4 is 28.9 Å². The molecule has 0 spiro atoms. The molecule has 5 fully saturated rings. The van der Waals surface area contributed by atoms with E-state index in [4.69, 9.17) is 28.4 Å². The first kappa shape index (κ1) is 34.6. The van der Waals surface area contributed by atoms with Crippen molar-refractivity contribution in [1.29, 1.82) is 0 Å². The number of carbonyl (C=O) groups is 5. The summed E-state index contributed by atoms with van der Waals surface area (Å²) < 4.78 is 36.1. The van der Waals surface area contributed by atoms with Crippen molar-refractivity contribution in [2.24, 2.45) is 0 Å². The Hall–Kier alpha value is -3.47. The summed E-state index contributed by atoms with van der Waals surface area (Å²) in [5, 5.41) is 35.6. The average Bonchev–Trinajstić information content (AvgIpc) is 3.05. The number of hydrogen-bond donors (Lipinski definition) is 3. The number of carbonyl (C=O) groups excluding carboxylic acids is 5. The second-order valence-electron chi connectivity index (χ2n) is 15.1. The van der Waals surface area contributed by atoms with E-state index < -0.39 is 107 Å². The fraction of sp³-hybridized carbons (Fsp3) is 0.595. The Morgan fingerprint density at radius 3 is 2.37 bits per heavy atom. The van der Waals surface area contributed by atoms with Crippen LogP contribution in [0.4, 0.5) is 0 Å². The van der Waals surface area contributed by atoms with E-state index in [9.17, 15) is 39.3 Å².